The lowest BCUT2D eigenvalue weighted by atomic mass is 9.80. The van der Waals surface area contributed by atoms with Gasteiger partial charge in [-0.15, -0.1) is 0 Å². The van der Waals surface area contributed by atoms with E-state index < -0.39 is 5.97 Å². The highest BCUT2D eigenvalue weighted by Gasteiger charge is 2.24. The summed E-state index contributed by atoms with van der Waals surface area (Å²) in [4.78, 5) is 12.2. The van der Waals surface area contributed by atoms with E-state index in [1.807, 2.05) is 18.2 Å². The van der Waals surface area contributed by atoms with Crippen LogP contribution in [0.3, 0.4) is 0 Å². The molecule has 0 heterocycles. The van der Waals surface area contributed by atoms with E-state index in [9.17, 15) is 9.90 Å². The lowest BCUT2D eigenvalue weighted by Crippen LogP contribution is -2.15. The topological polar surface area (TPSA) is 37.3 Å². The van der Waals surface area contributed by atoms with Crippen molar-refractivity contribution in [1.29, 1.82) is 0 Å². The van der Waals surface area contributed by atoms with E-state index in [2.05, 4.69) is 47.6 Å². The first kappa shape index (κ1) is 19.5. The summed E-state index contributed by atoms with van der Waals surface area (Å²) in [6, 6.07) is 8.06. The first-order valence-corrected chi connectivity index (χ1v) is 9.50. The second-order valence-electron chi connectivity index (χ2n) is 8.46. The number of aromatic carboxylic acids is 1. The molecule has 136 valence electrons. The maximum atomic E-state index is 12.2. The Hall–Kier alpha value is -1.83. The Morgan fingerprint density at radius 3 is 1.68 bits per heavy atom. The molecule has 25 heavy (non-hydrogen) atoms. The number of carbonyl (C=O) groups is 1. The largest absolute Gasteiger partial charge is 0.478 e. The van der Waals surface area contributed by atoms with Crippen LogP contribution in [0, 0.1) is 17.8 Å². The van der Waals surface area contributed by atoms with Crippen LogP contribution in [0.4, 0.5) is 0 Å². The molecule has 2 heteroatoms. The van der Waals surface area contributed by atoms with Gasteiger partial charge in [0.25, 0.3) is 0 Å². The van der Waals surface area contributed by atoms with Crippen molar-refractivity contribution in [1.82, 2.24) is 0 Å². The van der Waals surface area contributed by atoms with Crippen molar-refractivity contribution in [3.05, 3.63) is 46.5 Å². The van der Waals surface area contributed by atoms with Crippen LogP contribution >= 0.6 is 0 Å². The number of hydrogen-bond donors (Lipinski definition) is 1. The Bertz CT molecular complexity index is 754. The molecule has 0 aliphatic rings. The molecule has 0 aliphatic carbocycles. The molecule has 0 spiro atoms. The lowest BCUT2D eigenvalue weighted by molar-refractivity contribution is 0.0697. The quantitative estimate of drug-likeness (QED) is 0.658. The molecule has 1 N–H and O–H groups in total. The van der Waals surface area contributed by atoms with Crippen molar-refractivity contribution in [2.45, 2.75) is 60.8 Å². The summed E-state index contributed by atoms with van der Waals surface area (Å²) in [5, 5.41) is 12.0. The van der Waals surface area contributed by atoms with Gasteiger partial charge in [-0.05, 0) is 64.5 Å². The second-order valence-corrected chi connectivity index (χ2v) is 8.46. The molecule has 0 saturated carbocycles. The van der Waals surface area contributed by atoms with Crippen LogP contribution in [0.15, 0.2) is 24.3 Å². The van der Waals surface area contributed by atoms with Gasteiger partial charge in [0.15, 0.2) is 0 Å². The fourth-order valence-corrected chi connectivity index (χ4v) is 3.80. The van der Waals surface area contributed by atoms with Crippen LogP contribution in [0.2, 0.25) is 0 Å². The third-order valence-electron chi connectivity index (χ3n) is 4.60. The number of carboxylic acid groups (broad SMARTS) is 1. The highest BCUT2D eigenvalue weighted by atomic mass is 16.4. The van der Waals surface area contributed by atoms with Crippen LogP contribution in [-0.2, 0) is 19.3 Å². The summed E-state index contributed by atoms with van der Waals surface area (Å²) >= 11 is 0. The van der Waals surface area contributed by atoms with Crippen LogP contribution in [0.1, 0.15) is 68.6 Å². The predicted octanol–water partition coefficient (Wildman–Crippen LogP) is 6.13. The van der Waals surface area contributed by atoms with E-state index >= 15 is 0 Å². The van der Waals surface area contributed by atoms with Crippen molar-refractivity contribution in [3.63, 3.8) is 0 Å². The fourth-order valence-electron chi connectivity index (χ4n) is 3.80. The summed E-state index contributed by atoms with van der Waals surface area (Å²) in [5.41, 5.74) is 4.23. The summed E-state index contributed by atoms with van der Waals surface area (Å²) in [6.07, 6.45) is 2.75. The second kappa shape index (κ2) is 8.03. The minimum atomic E-state index is -0.798. The molecule has 0 saturated heterocycles. The Balaban J connectivity index is 2.93. The van der Waals surface area contributed by atoms with Crippen molar-refractivity contribution in [3.8, 4) is 0 Å². The smallest absolute Gasteiger partial charge is 0.336 e. The zero-order chi connectivity index (χ0) is 18.7. The lowest BCUT2D eigenvalue weighted by Gasteiger charge is -2.24. The third kappa shape index (κ3) is 4.42. The molecule has 0 atom stereocenters. The normalized spacial score (nSPS) is 11.9. The average Bonchev–Trinajstić information content (AvgIpc) is 2.49. The number of hydrogen-bond acceptors (Lipinski definition) is 1. The summed E-state index contributed by atoms with van der Waals surface area (Å²) in [6.45, 7) is 13.2. The highest BCUT2D eigenvalue weighted by Crippen LogP contribution is 2.35. The third-order valence-corrected chi connectivity index (χ3v) is 4.60. The van der Waals surface area contributed by atoms with E-state index in [0.717, 1.165) is 35.6 Å². The van der Waals surface area contributed by atoms with Crippen LogP contribution in [0.5, 0.6) is 0 Å². The summed E-state index contributed by atoms with van der Waals surface area (Å²) in [7, 11) is 0. The molecule has 0 unspecified atom stereocenters. The molecule has 2 rings (SSSR count). The predicted molar refractivity (Wildman–Crippen MR) is 107 cm³/mol. The van der Waals surface area contributed by atoms with E-state index in [4.69, 9.17) is 0 Å². The van der Waals surface area contributed by atoms with Crippen LogP contribution < -0.4 is 0 Å². The van der Waals surface area contributed by atoms with Gasteiger partial charge in [-0.25, -0.2) is 4.79 Å². The average molecular weight is 341 g/mol. The molecule has 0 amide bonds. The molecule has 2 nitrogen and oxygen atoms in total. The van der Waals surface area contributed by atoms with Gasteiger partial charge in [-0.2, -0.15) is 0 Å². The molecule has 0 aliphatic heterocycles. The number of carboxylic acids is 1. The SMILES string of the molecule is CC(C)Cc1c(CC(C)C)c(C(=O)O)c2ccccc2c1CC(C)C. The number of fused-ring (bicyclic) bond motifs is 1. The highest BCUT2D eigenvalue weighted by molar-refractivity contribution is 6.07. The Morgan fingerprint density at radius 1 is 0.760 bits per heavy atom. The van der Waals surface area contributed by atoms with Gasteiger partial charge in [-0.3, -0.25) is 0 Å². The Labute approximate surface area is 152 Å². The van der Waals surface area contributed by atoms with Gasteiger partial charge in [0, 0.05) is 0 Å². The van der Waals surface area contributed by atoms with Crippen LogP contribution in [0.25, 0.3) is 10.8 Å². The van der Waals surface area contributed by atoms with Crippen molar-refractivity contribution in [2.75, 3.05) is 0 Å². The molecular weight excluding hydrogens is 308 g/mol. The molecule has 2 aromatic carbocycles. The zero-order valence-electron chi connectivity index (χ0n) is 16.5. The zero-order valence-corrected chi connectivity index (χ0v) is 16.5. The van der Waals surface area contributed by atoms with E-state index in [1.165, 1.54) is 11.1 Å². The van der Waals surface area contributed by atoms with Gasteiger partial charge >= 0.3 is 5.97 Å². The van der Waals surface area contributed by atoms with Gasteiger partial charge in [0.2, 0.25) is 0 Å². The van der Waals surface area contributed by atoms with Crippen molar-refractivity contribution < 1.29 is 9.90 Å². The summed E-state index contributed by atoms with van der Waals surface area (Å²) in [5.74, 6) is 0.668. The van der Waals surface area contributed by atoms with Crippen LogP contribution in [-0.4, -0.2) is 11.1 Å². The van der Waals surface area contributed by atoms with E-state index in [0.29, 0.717) is 23.3 Å². The van der Waals surface area contributed by atoms with Gasteiger partial charge in [0.1, 0.15) is 0 Å². The minimum absolute atomic E-state index is 0.428. The van der Waals surface area contributed by atoms with Gasteiger partial charge in [-0.1, -0.05) is 65.8 Å². The number of rotatable bonds is 7. The Kier molecular flexibility index (Phi) is 6.26. The van der Waals surface area contributed by atoms with Gasteiger partial charge < -0.3 is 5.11 Å². The number of benzene rings is 2. The Morgan fingerprint density at radius 2 is 1.20 bits per heavy atom. The molecule has 0 bridgehead atoms. The molecule has 0 fully saturated rings. The first-order valence-electron chi connectivity index (χ1n) is 9.50. The summed E-state index contributed by atoms with van der Waals surface area (Å²) < 4.78 is 0. The fraction of sp³-hybridized carbons (Fsp3) is 0.522. The molecule has 2 aromatic rings. The molecule has 0 aromatic heterocycles. The molecular formula is C23H32O2. The van der Waals surface area contributed by atoms with Crippen molar-refractivity contribution >= 4 is 16.7 Å². The maximum Gasteiger partial charge on any atom is 0.336 e. The first-order chi connectivity index (χ1) is 11.7. The minimum Gasteiger partial charge on any atom is -0.478 e. The molecule has 0 radical (unpaired) electrons. The van der Waals surface area contributed by atoms with Gasteiger partial charge in [0.05, 0.1) is 5.56 Å². The van der Waals surface area contributed by atoms with E-state index in [-0.39, 0.29) is 0 Å². The standard InChI is InChI=1S/C23H32O2/c1-14(2)11-19-17-9-7-8-10-18(17)22(23(24)25)21(13-16(5)6)20(19)12-15(3)4/h7-10,14-16H,11-13H2,1-6H3,(H,24,25). The maximum absolute atomic E-state index is 12.2. The van der Waals surface area contributed by atoms with Crippen molar-refractivity contribution in [2.24, 2.45) is 17.8 Å². The van der Waals surface area contributed by atoms with E-state index in [1.54, 1.807) is 0 Å². The monoisotopic (exact) mass is 340 g/mol.